The van der Waals surface area contributed by atoms with Crippen LogP contribution < -0.4 is 25.3 Å². The number of carbonyl (C=O) groups excluding carboxylic acids is 5. The SMILES string of the molecule is Cn1nc(N2CCC(=O)NC2=O)c2cc(F)c(N3CCN(CC(=O)N4CC5(C4)CN(c4ccc(-c6cc(F)c7c(c6)C(=O)N(C(C(=O)Nc6nccs6)c6ncn8c6CCC8)C7)cc4)C5)CC3)cc21. The van der Waals surface area contributed by atoms with Gasteiger partial charge in [-0.15, -0.1) is 11.3 Å². The summed E-state index contributed by atoms with van der Waals surface area (Å²) in [6.45, 7) is 6.44. The number of imidazole rings is 1. The van der Waals surface area contributed by atoms with Crippen LogP contribution in [0.25, 0.3) is 22.0 Å². The van der Waals surface area contributed by atoms with Crippen molar-refractivity contribution in [3.05, 3.63) is 101 Å². The van der Waals surface area contributed by atoms with Gasteiger partial charge in [-0.3, -0.25) is 44.3 Å². The first-order valence-electron chi connectivity index (χ1n) is 23.1. The number of carbonyl (C=O) groups is 5. The number of anilines is 4. The van der Waals surface area contributed by atoms with Crippen LogP contribution >= 0.6 is 11.3 Å². The number of aromatic nitrogens is 5. The summed E-state index contributed by atoms with van der Waals surface area (Å²) in [5.74, 6) is -1.78. The highest BCUT2D eigenvalue weighted by molar-refractivity contribution is 7.13. The number of hydrogen-bond acceptors (Lipinski definition) is 12. The van der Waals surface area contributed by atoms with Crippen molar-refractivity contribution in [3.8, 4) is 11.1 Å². The molecular weight excluding hydrogens is 909 g/mol. The summed E-state index contributed by atoms with van der Waals surface area (Å²) in [5, 5.41) is 12.3. The number of urea groups is 1. The Hall–Kier alpha value is -7.26. The Morgan fingerprint density at radius 2 is 1.68 bits per heavy atom. The van der Waals surface area contributed by atoms with Gasteiger partial charge in [0.1, 0.15) is 11.6 Å². The van der Waals surface area contributed by atoms with Crippen LogP contribution in [0.15, 0.2) is 66.4 Å². The molecule has 1 spiro atoms. The maximum absolute atomic E-state index is 16.0. The molecule has 1 atom stereocenters. The second-order valence-electron chi connectivity index (χ2n) is 19.0. The first-order valence-corrected chi connectivity index (χ1v) is 24.0. The number of likely N-dealkylation sites (tertiary alicyclic amines) is 1. The minimum Gasteiger partial charge on any atom is -0.370 e. The largest absolute Gasteiger partial charge is 0.370 e. The lowest BCUT2D eigenvalue weighted by atomic mass is 9.72. The van der Waals surface area contributed by atoms with E-state index >= 15 is 8.78 Å². The van der Waals surface area contributed by atoms with Crippen LogP contribution in [-0.2, 0) is 40.9 Å². The van der Waals surface area contributed by atoms with Crippen molar-refractivity contribution in [2.24, 2.45) is 12.5 Å². The van der Waals surface area contributed by atoms with Crippen molar-refractivity contribution < 1.29 is 32.8 Å². The average molecular weight is 956 g/mol. The molecule has 3 aromatic carbocycles. The quantitative estimate of drug-likeness (QED) is 0.200. The molecule has 18 nitrogen and oxygen atoms in total. The zero-order valence-corrected chi connectivity index (χ0v) is 38.5. The van der Waals surface area contributed by atoms with E-state index in [-0.39, 0.29) is 47.9 Å². The third-order valence-electron chi connectivity index (χ3n) is 14.6. The van der Waals surface area contributed by atoms with Crippen molar-refractivity contribution >= 4 is 74.2 Å². The molecule has 0 saturated carbocycles. The second kappa shape index (κ2) is 16.5. The van der Waals surface area contributed by atoms with Crippen LogP contribution in [0.4, 0.5) is 35.9 Å². The standard InChI is InChI=1S/C48H47F2N13O5S/c1-56-37-20-38(35(50)19-32(37)43(55-56)62-11-8-39(64)53-47(62)68)58-14-12-57(13-15-58)22-40(65)61-25-48(26-61)23-60(24-48)30-6-4-28(5-7-30)29-17-31-33(34(49)18-29)21-63(45(31)67)42(44(66)54-46-51-9-16-69-46)41-36-3-2-10-59(36)27-52-41/h4-7,9,16-20,27,42H,2-3,8,10-15,21-26H2,1H3,(H,51,54,66)(H,53,64,68). The Morgan fingerprint density at radius 1 is 0.884 bits per heavy atom. The van der Waals surface area contributed by atoms with Gasteiger partial charge in [0.2, 0.25) is 11.8 Å². The van der Waals surface area contributed by atoms with E-state index < -0.39 is 35.5 Å². The number of aryl methyl sites for hydroxylation is 2. The highest BCUT2D eigenvalue weighted by Gasteiger charge is 2.53. The smallest absolute Gasteiger partial charge is 0.329 e. The van der Waals surface area contributed by atoms with Crippen molar-refractivity contribution in [2.45, 2.75) is 38.4 Å². The average Bonchev–Trinajstić information content (AvgIpc) is 4.16. The lowest BCUT2D eigenvalue weighted by Crippen LogP contribution is -2.73. The van der Waals surface area contributed by atoms with E-state index in [9.17, 15) is 24.0 Å². The minimum absolute atomic E-state index is 0.0329. The normalized spacial score (nSPS) is 19.2. The maximum Gasteiger partial charge on any atom is 0.329 e. The molecule has 0 bridgehead atoms. The minimum atomic E-state index is -1.06. The number of amides is 6. The molecule has 9 heterocycles. The molecule has 1 unspecified atom stereocenters. The highest BCUT2D eigenvalue weighted by atomic mass is 32.1. The summed E-state index contributed by atoms with van der Waals surface area (Å²) in [6, 6.07) is 12.5. The summed E-state index contributed by atoms with van der Waals surface area (Å²) >= 11 is 1.27. The maximum atomic E-state index is 16.0. The molecular formula is C48H47F2N13O5S. The lowest BCUT2D eigenvalue weighted by molar-refractivity contribution is -0.146. The Kier molecular flexibility index (Phi) is 10.3. The molecule has 0 radical (unpaired) electrons. The Bertz CT molecular complexity index is 3100. The molecule has 4 saturated heterocycles. The summed E-state index contributed by atoms with van der Waals surface area (Å²) in [4.78, 5) is 85.4. The Morgan fingerprint density at radius 3 is 2.43 bits per heavy atom. The summed E-state index contributed by atoms with van der Waals surface area (Å²) in [6.07, 6.45) is 5.08. The first-order chi connectivity index (χ1) is 33.4. The van der Waals surface area contributed by atoms with Crippen molar-refractivity contribution in [2.75, 3.05) is 85.5 Å². The highest BCUT2D eigenvalue weighted by Crippen LogP contribution is 2.43. The fraction of sp³-hybridized carbons (Fsp3) is 0.375. The molecule has 0 aliphatic carbocycles. The van der Waals surface area contributed by atoms with Crippen LogP contribution in [0.1, 0.15) is 46.2 Å². The van der Waals surface area contributed by atoms with E-state index in [0.717, 1.165) is 49.4 Å². The lowest BCUT2D eigenvalue weighted by Gasteiger charge is -2.61. The second-order valence-corrected chi connectivity index (χ2v) is 19.9. The van der Waals surface area contributed by atoms with Crippen molar-refractivity contribution in [1.82, 2.24) is 44.3 Å². The number of fused-ring (bicyclic) bond motifs is 3. The monoisotopic (exact) mass is 955 g/mol. The van der Waals surface area contributed by atoms with Gasteiger partial charge >= 0.3 is 6.03 Å². The van der Waals surface area contributed by atoms with Gasteiger partial charge in [-0.1, -0.05) is 12.1 Å². The van der Waals surface area contributed by atoms with Gasteiger partial charge in [0.05, 0.1) is 36.3 Å². The third-order valence-corrected chi connectivity index (χ3v) is 15.3. The van der Waals surface area contributed by atoms with Gasteiger partial charge < -0.3 is 24.2 Å². The van der Waals surface area contributed by atoms with Gasteiger partial charge in [0, 0.05) is 124 Å². The number of piperazine rings is 1. The molecule has 6 amide bonds. The number of rotatable bonds is 10. The summed E-state index contributed by atoms with van der Waals surface area (Å²) in [5.41, 5.74) is 5.35. The number of nitrogens with one attached hydrogen (secondary N) is 2. The third kappa shape index (κ3) is 7.45. The van der Waals surface area contributed by atoms with Gasteiger partial charge in [-0.2, -0.15) is 5.10 Å². The van der Waals surface area contributed by atoms with Gasteiger partial charge in [0.25, 0.3) is 11.8 Å². The topological polar surface area (TPSA) is 177 Å². The summed E-state index contributed by atoms with van der Waals surface area (Å²) in [7, 11) is 1.74. The van der Waals surface area contributed by atoms with Crippen molar-refractivity contribution in [1.29, 1.82) is 0 Å². The number of benzene rings is 3. The molecule has 3 aromatic heterocycles. The van der Waals surface area contributed by atoms with Crippen LogP contribution in [0.5, 0.6) is 0 Å². The molecule has 6 aromatic rings. The number of imide groups is 1. The molecule has 69 heavy (non-hydrogen) atoms. The molecule has 4 fully saturated rings. The zero-order valence-electron chi connectivity index (χ0n) is 37.7. The molecule has 2 N–H and O–H groups in total. The molecule has 354 valence electrons. The van der Waals surface area contributed by atoms with E-state index in [1.165, 1.54) is 33.3 Å². The van der Waals surface area contributed by atoms with Crippen molar-refractivity contribution in [3.63, 3.8) is 0 Å². The van der Waals surface area contributed by atoms with E-state index in [4.69, 9.17) is 0 Å². The first kappa shape index (κ1) is 43.0. The van der Waals surface area contributed by atoms with Crippen LogP contribution in [0.3, 0.4) is 0 Å². The van der Waals surface area contributed by atoms with Gasteiger partial charge in [-0.05, 0) is 60.4 Å². The van der Waals surface area contributed by atoms with E-state index in [1.54, 1.807) is 41.8 Å². The zero-order chi connectivity index (χ0) is 47.3. The molecule has 6 aliphatic rings. The van der Waals surface area contributed by atoms with Crippen LogP contribution in [-0.4, -0.2) is 134 Å². The molecule has 6 aliphatic heterocycles. The van der Waals surface area contributed by atoms with Gasteiger partial charge in [0.15, 0.2) is 17.0 Å². The van der Waals surface area contributed by atoms with Gasteiger partial charge in [-0.25, -0.2) is 23.5 Å². The van der Waals surface area contributed by atoms with E-state index in [2.05, 4.69) is 35.5 Å². The Balaban J connectivity index is 0.642. The van der Waals surface area contributed by atoms with Crippen LogP contribution in [0, 0.1) is 17.0 Å². The predicted octanol–water partition coefficient (Wildman–Crippen LogP) is 4.37. The van der Waals surface area contributed by atoms with Crippen LogP contribution in [0.2, 0.25) is 0 Å². The number of thiazole rings is 1. The molecule has 12 rings (SSSR count). The fourth-order valence-electron chi connectivity index (χ4n) is 11.0. The molecule has 21 heteroatoms. The Labute approximate surface area is 398 Å². The summed E-state index contributed by atoms with van der Waals surface area (Å²) < 4.78 is 35.3. The van der Waals surface area contributed by atoms with E-state index in [0.29, 0.717) is 84.6 Å². The number of halogens is 2. The number of hydrogen-bond donors (Lipinski definition) is 2. The predicted molar refractivity (Wildman–Crippen MR) is 252 cm³/mol. The fourth-order valence-corrected chi connectivity index (χ4v) is 11.5. The van der Waals surface area contributed by atoms with E-state index in [1.807, 2.05) is 38.6 Å². The number of nitrogens with zero attached hydrogens (tertiary/aromatic N) is 11.